The van der Waals surface area contributed by atoms with E-state index in [1.807, 2.05) is 11.8 Å². The van der Waals surface area contributed by atoms with Crippen molar-refractivity contribution in [1.82, 2.24) is 10.6 Å². The summed E-state index contributed by atoms with van der Waals surface area (Å²) in [7, 11) is 0. The summed E-state index contributed by atoms with van der Waals surface area (Å²) in [6.45, 7) is 7.33. The molecule has 0 aromatic heterocycles. The number of amides is 1. The quantitative estimate of drug-likeness (QED) is 0.736. The normalized spacial score (nSPS) is 21.7. The van der Waals surface area contributed by atoms with Crippen LogP contribution in [0.1, 0.15) is 20.8 Å². The van der Waals surface area contributed by atoms with E-state index in [9.17, 15) is 4.79 Å². The summed E-state index contributed by atoms with van der Waals surface area (Å²) < 4.78 is 0.284. The molecule has 88 valence electrons. The fourth-order valence-electron chi connectivity index (χ4n) is 1.22. The highest BCUT2D eigenvalue weighted by atomic mass is 32.2. The first-order valence-corrected chi connectivity index (χ1v) is 7.36. The van der Waals surface area contributed by atoms with Crippen LogP contribution < -0.4 is 10.6 Å². The van der Waals surface area contributed by atoms with Gasteiger partial charge in [0.2, 0.25) is 5.91 Å². The molecule has 1 aliphatic heterocycles. The van der Waals surface area contributed by atoms with Crippen LogP contribution in [0.3, 0.4) is 0 Å². The molecule has 0 bridgehead atoms. The number of hydrogen-bond donors (Lipinski definition) is 2. The molecular weight excluding hydrogens is 228 g/mol. The second kappa shape index (κ2) is 6.01. The Bertz CT molecular complexity index is 210. The molecule has 1 rings (SSSR count). The monoisotopic (exact) mass is 248 g/mol. The third-order valence-corrected chi connectivity index (χ3v) is 4.18. The standard InChI is InChI=1S/C10H20N2OS2/c1-10(2,3)15-5-4-11-9(13)8-6-14-7-12-8/h8,12H,4-7H2,1-3H3,(H,11,13). The van der Waals surface area contributed by atoms with Crippen molar-refractivity contribution in [3.8, 4) is 0 Å². The van der Waals surface area contributed by atoms with Gasteiger partial charge in [0.1, 0.15) is 0 Å². The molecule has 1 unspecified atom stereocenters. The first kappa shape index (κ1) is 13.2. The number of carbonyl (C=O) groups is 1. The molecule has 1 amide bonds. The van der Waals surface area contributed by atoms with Gasteiger partial charge in [0.15, 0.2) is 0 Å². The van der Waals surface area contributed by atoms with Gasteiger partial charge >= 0.3 is 0 Å². The van der Waals surface area contributed by atoms with E-state index in [0.29, 0.717) is 0 Å². The SMILES string of the molecule is CC(C)(C)SCCNC(=O)C1CSCN1. The molecule has 1 aliphatic rings. The Morgan fingerprint density at radius 3 is 2.87 bits per heavy atom. The molecule has 0 radical (unpaired) electrons. The maximum absolute atomic E-state index is 11.6. The molecule has 1 heterocycles. The highest BCUT2D eigenvalue weighted by molar-refractivity contribution is 8.00. The van der Waals surface area contributed by atoms with E-state index >= 15 is 0 Å². The Balaban J connectivity index is 2.07. The Labute approximate surface area is 101 Å². The van der Waals surface area contributed by atoms with Gasteiger partial charge < -0.3 is 5.32 Å². The molecule has 0 saturated carbocycles. The van der Waals surface area contributed by atoms with Crippen LogP contribution in [0.4, 0.5) is 0 Å². The number of hydrogen-bond acceptors (Lipinski definition) is 4. The highest BCUT2D eigenvalue weighted by Crippen LogP contribution is 2.22. The minimum Gasteiger partial charge on any atom is -0.354 e. The molecule has 5 heteroatoms. The first-order valence-electron chi connectivity index (χ1n) is 5.22. The summed E-state index contributed by atoms with van der Waals surface area (Å²) in [5.74, 6) is 2.93. The van der Waals surface area contributed by atoms with E-state index in [1.165, 1.54) is 0 Å². The van der Waals surface area contributed by atoms with Crippen LogP contribution in [0, 0.1) is 0 Å². The zero-order chi connectivity index (χ0) is 11.3. The minimum absolute atomic E-state index is 0.0228. The van der Waals surface area contributed by atoms with E-state index in [2.05, 4.69) is 31.4 Å². The molecule has 0 spiro atoms. The van der Waals surface area contributed by atoms with Crippen LogP contribution in [0.25, 0.3) is 0 Å². The fourth-order valence-corrected chi connectivity index (χ4v) is 2.98. The van der Waals surface area contributed by atoms with Gasteiger partial charge in [-0.05, 0) is 0 Å². The van der Waals surface area contributed by atoms with Crippen molar-refractivity contribution in [1.29, 1.82) is 0 Å². The van der Waals surface area contributed by atoms with Crippen LogP contribution in [0.15, 0.2) is 0 Å². The Morgan fingerprint density at radius 2 is 2.33 bits per heavy atom. The smallest absolute Gasteiger partial charge is 0.238 e. The summed E-state index contributed by atoms with van der Waals surface area (Å²) >= 11 is 3.65. The Kier molecular flexibility index (Phi) is 5.29. The average Bonchev–Trinajstić information content (AvgIpc) is 2.63. The van der Waals surface area contributed by atoms with Crippen molar-refractivity contribution in [3.05, 3.63) is 0 Å². The van der Waals surface area contributed by atoms with Gasteiger partial charge in [-0.1, -0.05) is 20.8 Å². The maximum atomic E-state index is 11.6. The molecule has 3 nitrogen and oxygen atoms in total. The van der Waals surface area contributed by atoms with Crippen LogP contribution in [0.5, 0.6) is 0 Å². The third-order valence-electron chi connectivity index (χ3n) is 1.97. The number of thioether (sulfide) groups is 2. The molecule has 0 aromatic rings. The van der Waals surface area contributed by atoms with Crippen molar-refractivity contribution in [3.63, 3.8) is 0 Å². The predicted molar refractivity (Wildman–Crippen MR) is 69.5 cm³/mol. The van der Waals surface area contributed by atoms with E-state index < -0.39 is 0 Å². The van der Waals surface area contributed by atoms with Crippen LogP contribution in [-0.4, -0.2) is 40.6 Å². The summed E-state index contributed by atoms with van der Waals surface area (Å²) in [5, 5.41) is 6.12. The number of nitrogens with one attached hydrogen (secondary N) is 2. The molecule has 0 aliphatic carbocycles. The zero-order valence-electron chi connectivity index (χ0n) is 9.63. The maximum Gasteiger partial charge on any atom is 0.238 e. The number of rotatable bonds is 4. The first-order chi connectivity index (χ1) is 6.99. The molecule has 2 N–H and O–H groups in total. The van der Waals surface area contributed by atoms with E-state index in [0.717, 1.165) is 23.9 Å². The summed E-state index contributed by atoms with van der Waals surface area (Å²) in [6.07, 6.45) is 0. The molecular formula is C10H20N2OS2. The molecule has 0 aromatic carbocycles. The van der Waals surface area contributed by atoms with Crippen molar-refractivity contribution in [2.24, 2.45) is 0 Å². The summed E-state index contributed by atoms with van der Waals surface area (Å²) in [5.41, 5.74) is 0. The Hall–Kier alpha value is 0.130. The minimum atomic E-state index is 0.0228. The summed E-state index contributed by atoms with van der Waals surface area (Å²) in [6, 6.07) is 0.0228. The van der Waals surface area contributed by atoms with Gasteiger partial charge in [0.25, 0.3) is 0 Å². The van der Waals surface area contributed by atoms with Crippen LogP contribution in [0.2, 0.25) is 0 Å². The summed E-state index contributed by atoms with van der Waals surface area (Å²) in [4.78, 5) is 11.6. The van der Waals surface area contributed by atoms with Crippen molar-refractivity contribution >= 4 is 29.4 Å². The lowest BCUT2D eigenvalue weighted by Gasteiger charge is -2.18. The topological polar surface area (TPSA) is 41.1 Å². The number of carbonyl (C=O) groups excluding carboxylic acids is 1. The lowest BCUT2D eigenvalue weighted by molar-refractivity contribution is -0.122. The molecule has 1 saturated heterocycles. The average molecular weight is 248 g/mol. The molecule has 1 fully saturated rings. The van der Waals surface area contributed by atoms with Crippen molar-refractivity contribution < 1.29 is 4.79 Å². The Morgan fingerprint density at radius 1 is 1.60 bits per heavy atom. The van der Waals surface area contributed by atoms with Gasteiger partial charge in [-0.25, -0.2) is 0 Å². The van der Waals surface area contributed by atoms with Crippen molar-refractivity contribution in [2.45, 2.75) is 31.6 Å². The highest BCUT2D eigenvalue weighted by Gasteiger charge is 2.21. The molecule has 1 atom stereocenters. The zero-order valence-corrected chi connectivity index (χ0v) is 11.3. The fraction of sp³-hybridized carbons (Fsp3) is 0.900. The second-order valence-corrected chi connectivity index (χ2v) is 7.48. The lowest BCUT2D eigenvalue weighted by atomic mass is 10.3. The van der Waals surface area contributed by atoms with E-state index in [-0.39, 0.29) is 16.7 Å². The molecule has 15 heavy (non-hydrogen) atoms. The largest absolute Gasteiger partial charge is 0.354 e. The van der Waals surface area contributed by atoms with E-state index in [1.54, 1.807) is 11.8 Å². The van der Waals surface area contributed by atoms with Gasteiger partial charge in [-0.3, -0.25) is 10.1 Å². The van der Waals surface area contributed by atoms with Gasteiger partial charge in [0.05, 0.1) is 6.04 Å². The van der Waals surface area contributed by atoms with Crippen LogP contribution in [-0.2, 0) is 4.79 Å². The van der Waals surface area contributed by atoms with Crippen LogP contribution >= 0.6 is 23.5 Å². The van der Waals surface area contributed by atoms with Crippen molar-refractivity contribution in [2.75, 3.05) is 23.9 Å². The van der Waals surface area contributed by atoms with Gasteiger partial charge in [-0.2, -0.15) is 11.8 Å². The van der Waals surface area contributed by atoms with Gasteiger partial charge in [0, 0.05) is 28.7 Å². The lowest BCUT2D eigenvalue weighted by Crippen LogP contribution is -2.42. The second-order valence-electron chi connectivity index (χ2n) is 4.52. The predicted octanol–water partition coefficient (Wildman–Crippen LogP) is 1.30. The third kappa shape index (κ3) is 5.68. The van der Waals surface area contributed by atoms with E-state index in [4.69, 9.17) is 0 Å². The van der Waals surface area contributed by atoms with Gasteiger partial charge in [-0.15, -0.1) is 11.8 Å².